The van der Waals surface area contributed by atoms with E-state index in [-0.39, 0.29) is 23.5 Å². The van der Waals surface area contributed by atoms with E-state index in [4.69, 9.17) is 16.3 Å². The Morgan fingerprint density at radius 1 is 1.45 bits per heavy atom. The Hall–Kier alpha value is -1.31. The van der Waals surface area contributed by atoms with Gasteiger partial charge in [0.1, 0.15) is 10.6 Å². The van der Waals surface area contributed by atoms with Crippen molar-refractivity contribution in [3.05, 3.63) is 28.1 Å². The first-order valence-corrected chi connectivity index (χ1v) is 9.68. The standard InChI is InChI=1S/C14H14ClNO4S2/c1-20-9-2-3-10-11(6-9)21-13(12(10)15)14(17)16-8-4-5-22(18,19)7-8/h2-3,6,8H,4-5,7H2,1H3,(H,16,17)/t8-/m1/s1. The number of methoxy groups -OCH3 is 1. The summed E-state index contributed by atoms with van der Waals surface area (Å²) in [5.41, 5.74) is 0. The van der Waals surface area contributed by atoms with E-state index in [0.29, 0.717) is 22.1 Å². The number of ether oxygens (including phenoxy) is 1. The van der Waals surface area contributed by atoms with E-state index < -0.39 is 9.84 Å². The van der Waals surface area contributed by atoms with Crippen molar-refractivity contribution in [1.82, 2.24) is 5.32 Å². The quantitative estimate of drug-likeness (QED) is 0.913. The highest BCUT2D eigenvalue weighted by Gasteiger charge is 2.30. The van der Waals surface area contributed by atoms with Crippen LogP contribution in [0.5, 0.6) is 5.75 Å². The maximum Gasteiger partial charge on any atom is 0.263 e. The molecule has 1 amide bonds. The topological polar surface area (TPSA) is 72.5 Å². The van der Waals surface area contributed by atoms with Crippen LogP contribution in [0.25, 0.3) is 10.1 Å². The Morgan fingerprint density at radius 2 is 2.23 bits per heavy atom. The van der Waals surface area contributed by atoms with Gasteiger partial charge in [-0.2, -0.15) is 0 Å². The first kappa shape index (κ1) is 15.6. The molecule has 2 aromatic rings. The molecule has 3 rings (SSSR count). The van der Waals surface area contributed by atoms with Crippen LogP contribution in [0.15, 0.2) is 18.2 Å². The van der Waals surface area contributed by atoms with Crippen molar-refractivity contribution >= 4 is 48.8 Å². The first-order valence-electron chi connectivity index (χ1n) is 6.67. The average molecular weight is 360 g/mol. The van der Waals surface area contributed by atoms with Crippen LogP contribution in [-0.4, -0.2) is 39.0 Å². The summed E-state index contributed by atoms with van der Waals surface area (Å²) in [6.07, 6.45) is 0.449. The van der Waals surface area contributed by atoms with Crippen molar-refractivity contribution < 1.29 is 17.9 Å². The summed E-state index contributed by atoms with van der Waals surface area (Å²) < 4.78 is 28.9. The van der Waals surface area contributed by atoms with E-state index >= 15 is 0 Å². The Kier molecular flexibility index (Phi) is 4.05. The fourth-order valence-electron chi connectivity index (χ4n) is 2.48. The zero-order valence-electron chi connectivity index (χ0n) is 11.8. The van der Waals surface area contributed by atoms with E-state index in [9.17, 15) is 13.2 Å². The fraction of sp³-hybridized carbons (Fsp3) is 0.357. The Bertz CT molecular complexity index is 844. The van der Waals surface area contributed by atoms with Crippen molar-refractivity contribution in [2.45, 2.75) is 12.5 Å². The van der Waals surface area contributed by atoms with Crippen LogP contribution < -0.4 is 10.1 Å². The third-order valence-corrected chi connectivity index (χ3v) is 7.03. The number of nitrogens with one attached hydrogen (secondary N) is 1. The zero-order valence-corrected chi connectivity index (χ0v) is 14.1. The first-order chi connectivity index (χ1) is 10.4. The van der Waals surface area contributed by atoms with Gasteiger partial charge in [-0.15, -0.1) is 11.3 Å². The molecular weight excluding hydrogens is 346 g/mol. The fourth-order valence-corrected chi connectivity index (χ4v) is 5.60. The predicted octanol–water partition coefficient (Wildman–Crippen LogP) is 2.48. The van der Waals surface area contributed by atoms with Gasteiger partial charge in [-0.25, -0.2) is 8.42 Å². The molecule has 1 atom stereocenters. The van der Waals surface area contributed by atoms with Crippen LogP contribution in [0.2, 0.25) is 5.02 Å². The Morgan fingerprint density at radius 3 is 2.86 bits per heavy atom. The van der Waals surface area contributed by atoms with Gasteiger partial charge < -0.3 is 10.1 Å². The molecule has 0 saturated carbocycles. The van der Waals surface area contributed by atoms with Crippen molar-refractivity contribution in [2.24, 2.45) is 0 Å². The number of benzene rings is 1. The third kappa shape index (κ3) is 2.93. The highest BCUT2D eigenvalue weighted by Crippen LogP contribution is 2.37. The van der Waals surface area contributed by atoms with Crippen LogP contribution >= 0.6 is 22.9 Å². The molecule has 0 aliphatic carbocycles. The van der Waals surface area contributed by atoms with Gasteiger partial charge in [-0.05, 0) is 24.6 Å². The molecule has 1 aliphatic rings. The maximum absolute atomic E-state index is 12.3. The van der Waals surface area contributed by atoms with Crippen LogP contribution in [-0.2, 0) is 9.84 Å². The Balaban J connectivity index is 1.86. The van der Waals surface area contributed by atoms with E-state index in [1.54, 1.807) is 13.2 Å². The van der Waals surface area contributed by atoms with Crippen molar-refractivity contribution in [3.63, 3.8) is 0 Å². The molecular formula is C14H14ClNO4S2. The van der Waals surface area contributed by atoms with Crippen molar-refractivity contribution in [1.29, 1.82) is 0 Å². The molecule has 2 heterocycles. The summed E-state index contributed by atoms with van der Waals surface area (Å²) in [6.45, 7) is 0. The monoisotopic (exact) mass is 359 g/mol. The number of hydrogen-bond donors (Lipinski definition) is 1. The molecule has 1 N–H and O–H groups in total. The summed E-state index contributed by atoms with van der Waals surface area (Å²) in [5.74, 6) is 0.483. The number of carbonyl (C=O) groups is 1. The number of halogens is 1. The molecule has 1 fully saturated rings. The lowest BCUT2D eigenvalue weighted by Crippen LogP contribution is -2.35. The predicted molar refractivity (Wildman–Crippen MR) is 87.9 cm³/mol. The lowest BCUT2D eigenvalue weighted by atomic mass is 10.2. The molecule has 5 nitrogen and oxygen atoms in total. The summed E-state index contributed by atoms with van der Waals surface area (Å²) in [6, 6.07) is 5.08. The number of hydrogen-bond acceptors (Lipinski definition) is 5. The molecule has 1 saturated heterocycles. The maximum atomic E-state index is 12.3. The SMILES string of the molecule is COc1ccc2c(Cl)c(C(=O)N[C@@H]3CCS(=O)(=O)C3)sc2c1. The normalized spacial score (nSPS) is 20.2. The van der Waals surface area contributed by atoms with Crippen LogP contribution in [0.3, 0.4) is 0 Å². The summed E-state index contributed by atoms with van der Waals surface area (Å²) in [5, 5.41) is 3.94. The molecule has 0 spiro atoms. The third-order valence-electron chi connectivity index (χ3n) is 3.61. The second-order valence-electron chi connectivity index (χ2n) is 5.18. The van der Waals surface area contributed by atoms with Gasteiger partial charge in [0.2, 0.25) is 0 Å². The number of carbonyl (C=O) groups excluding carboxylic acids is 1. The van der Waals surface area contributed by atoms with E-state index in [1.807, 2.05) is 12.1 Å². The second-order valence-corrected chi connectivity index (χ2v) is 8.84. The van der Waals surface area contributed by atoms with Crippen LogP contribution in [0, 0.1) is 0 Å². The van der Waals surface area contributed by atoms with E-state index in [1.165, 1.54) is 11.3 Å². The smallest absolute Gasteiger partial charge is 0.263 e. The van der Waals surface area contributed by atoms with Crippen LogP contribution in [0.4, 0.5) is 0 Å². The average Bonchev–Trinajstić information content (AvgIpc) is 2.98. The van der Waals surface area contributed by atoms with Gasteiger partial charge >= 0.3 is 0 Å². The van der Waals surface area contributed by atoms with E-state index in [2.05, 4.69) is 5.32 Å². The Labute approximate surface area is 137 Å². The van der Waals surface area contributed by atoms with E-state index in [0.717, 1.165) is 10.1 Å². The number of sulfone groups is 1. The lowest BCUT2D eigenvalue weighted by molar-refractivity contribution is 0.0945. The highest BCUT2D eigenvalue weighted by atomic mass is 35.5. The number of fused-ring (bicyclic) bond motifs is 1. The van der Waals surface area contributed by atoms with Crippen molar-refractivity contribution in [3.8, 4) is 5.75 Å². The highest BCUT2D eigenvalue weighted by molar-refractivity contribution is 7.91. The molecule has 0 radical (unpaired) electrons. The molecule has 22 heavy (non-hydrogen) atoms. The molecule has 118 valence electrons. The zero-order chi connectivity index (χ0) is 15.9. The molecule has 1 aliphatic heterocycles. The minimum atomic E-state index is -3.03. The van der Waals surface area contributed by atoms with Crippen molar-refractivity contribution in [2.75, 3.05) is 18.6 Å². The largest absolute Gasteiger partial charge is 0.497 e. The van der Waals surface area contributed by atoms with Gasteiger partial charge in [-0.3, -0.25) is 4.79 Å². The molecule has 8 heteroatoms. The van der Waals surface area contributed by atoms with Crippen LogP contribution in [0.1, 0.15) is 16.1 Å². The molecule has 1 aromatic carbocycles. The number of thiophene rings is 1. The molecule has 1 aromatic heterocycles. The summed E-state index contributed by atoms with van der Waals surface area (Å²) >= 11 is 7.55. The minimum Gasteiger partial charge on any atom is -0.497 e. The van der Waals surface area contributed by atoms with Gasteiger partial charge in [0.15, 0.2) is 9.84 Å². The number of amides is 1. The lowest BCUT2D eigenvalue weighted by Gasteiger charge is -2.09. The summed E-state index contributed by atoms with van der Waals surface area (Å²) in [7, 11) is -1.45. The van der Waals surface area contributed by atoms with Gasteiger partial charge in [0, 0.05) is 16.1 Å². The van der Waals surface area contributed by atoms with Gasteiger partial charge in [0.25, 0.3) is 5.91 Å². The van der Waals surface area contributed by atoms with Gasteiger partial charge in [0.05, 0.1) is 23.6 Å². The molecule has 0 bridgehead atoms. The van der Waals surface area contributed by atoms with Gasteiger partial charge in [-0.1, -0.05) is 11.6 Å². The summed E-state index contributed by atoms with van der Waals surface area (Å²) in [4.78, 5) is 12.7. The minimum absolute atomic E-state index is 0.00488. The second kappa shape index (κ2) is 5.72. The number of rotatable bonds is 3. The molecule has 0 unspecified atom stereocenters.